The minimum absolute atomic E-state index is 0.0110. The topological polar surface area (TPSA) is 139 Å². The fraction of sp³-hybridized carbons (Fsp3) is 0.304. The van der Waals surface area contributed by atoms with Crippen LogP contribution < -0.4 is 24.8 Å². The van der Waals surface area contributed by atoms with Crippen LogP contribution in [0.2, 0.25) is 0 Å². The zero-order valence-corrected chi connectivity index (χ0v) is 19.2. The van der Waals surface area contributed by atoms with Crippen LogP contribution in [0, 0.1) is 10.1 Å². The van der Waals surface area contributed by atoms with Gasteiger partial charge in [-0.15, -0.1) is 0 Å². The van der Waals surface area contributed by atoms with Crippen LogP contribution in [-0.4, -0.2) is 49.5 Å². The summed E-state index contributed by atoms with van der Waals surface area (Å²) in [7, 11) is 1.53. The standard InChI is InChI=1S/C23H28N4O7/c1-5-12-33-19-14-16(8-9-18(19)31-4)10-11-26(23(28)32-7-3)17-15-20(34-13-6-2)25-22(24)21(17)27(29)30/h5-6,8-9,14-15H,1-2,7,10-13H2,3-4H3,(H2,24,25). The number of rotatable bonds is 13. The van der Waals surface area contributed by atoms with Gasteiger partial charge in [0, 0.05) is 12.6 Å². The molecule has 0 bridgehead atoms. The number of nitro groups is 1. The molecule has 0 saturated heterocycles. The predicted molar refractivity (Wildman–Crippen MR) is 128 cm³/mol. The lowest BCUT2D eigenvalue weighted by Crippen LogP contribution is -2.34. The average molecular weight is 472 g/mol. The van der Waals surface area contributed by atoms with Crippen molar-refractivity contribution < 1.29 is 28.7 Å². The van der Waals surface area contributed by atoms with Crippen molar-refractivity contribution in [2.45, 2.75) is 13.3 Å². The van der Waals surface area contributed by atoms with Crippen molar-refractivity contribution in [3.05, 3.63) is 65.3 Å². The summed E-state index contributed by atoms with van der Waals surface area (Å²) in [4.78, 5) is 28.9. The van der Waals surface area contributed by atoms with Crippen LogP contribution in [0.25, 0.3) is 0 Å². The molecule has 0 spiro atoms. The van der Waals surface area contributed by atoms with Crippen molar-refractivity contribution in [2.24, 2.45) is 0 Å². The Balaban J connectivity index is 2.44. The molecule has 0 fully saturated rings. The maximum absolute atomic E-state index is 12.8. The second-order valence-corrected chi connectivity index (χ2v) is 6.76. The molecule has 11 nitrogen and oxygen atoms in total. The zero-order valence-electron chi connectivity index (χ0n) is 19.2. The summed E-state index contributed by atoms with van der Waals surface area (Å²) in [5.41, 5.74) is 6.01. The zero-order chi connectivity index (χ0) is 25.1. The molecule has 0 aliphatic rings. The van der Waals surface area contributed by atoms with Gasteiger partial charge in [-0.3, -0.25) is 15.0 Å². The van der Waals surface area contributed by atoms with E-state index in [4.69, 9.17) is 24.7 Å². The van der Waals surface area contributed by atoms with Gasteiger partial charge in [-0.05, 0) is 31.0 Å². The van der Waals surface area contributed by atoms with Crippen molar-refractivity contribution in [1.82, 2.24) is 4.98 Å². The number of ether oxygens (including phenoxy) is 4. The highest BCUT2D eigenvalue weighted by molar-refractivity contribution is 5.92. The van der Waals surface area contributed by atoms with Crippen molar-refractivity contribution in [2.75, 3.05) is 44.1 Å². The van der Waals surface area contributed by atoms with Crippen molar-refractivity contribution in [1.29, 1.82) is 0 Å². The molecular formula is C23H28N4O7. The molecule has 0 unspecified atom stereocenters. The summed E-state index contributed by atoms with van der Waals surface area (Å²) in [5, 5.41) is 11.8. The number of hydrogen-bond acceptors (Lipinski definition) is 9. The Hall–Kier alpha value is -4.28. The molecule has 1 aromatic heterocycles. The Morgan fingerprint density at radius 1 is 1.21 bits per heavy atom. The van der Waals surface area contributed by atoms with Gasteiger partial charge < -0.3 is 24.7 Å². The first-order valence-corrected chi connectivity index (χ1v) is 10.4. The smallest absolute Gasteiger partial charge is 0.414 e. The van der Waals surface area contributed by atoms with Crippen molar-refractivity contribution >= 4 is 23.3 Å². The molecule has 182 valence electrons. The van der Waals surface area contributed by atoms with Gasteiger partial charge in [-0.1, -0.05) is 31.4 Å². The molecule has 2 N–H and O–H groups in total. The number of hydrogen-bond donors (Lipinski definition) is 1. The Bertz CT molecular complexity index is 1040. The number of amides is 1. The van der Waals surface area contributed by atoms with E-state index in [9.17, 15) is 14.9 Å². The van der Waals surface area contributed by atoms with Crippen LogP contribution in [0.15, 0.2) is 49.6 Å². The van der Waals surface area contributed by atoms with Crippen LogP contribution in [0.5, 0.6) is 17.4 Å². The summed E-state index contributed by atoms with van der Waals surface area (Å²) in [6.07, 6.45) is 2.63. The number of benzene rings is 1. The van der Waals surface area contributed by atoms with E-state index in [0.717, 1.165) is 10.5 Å². The van der Waals surface area contributed by atoms with E-state index >= 15 is 0 Å². The van der Waals surface area contributed by atoms with Crippen LogP contribution >= 0.6 is 0 Å². The highest BCUT2D eigenvalue weighted by Crippen LogP contribution is 2.36. The Labute approximate surface area is 197 Å². The molecule has 0 saturated carbocycles. The lowest BCUT2D eigenvalue weighted by molar-refractivity contribution is -0.383. The third-order valence-electron chi connectivity index (χ3n) is 4.50. The lowest BCUT2D eigenvalue weighted by Gasteiger charge is -2.23. The number of nitrogens with zero attached hydrogens (tertiary/aromatic N) is 3. The van der Waals surface area contributed by atoms with Gasteiger partial charge in [0.15, 0.2) is 11.5 Å². The van der Waals surface area contributed by atoms with E-state index in [1.807, 2.05) is 0 Å². The maximum atomic E-state index is 12.8. The molecule has 0 aliphatic heterocycles. The van der Waals surface area contributed by atoms with E-state index < -0.39 is 16.7 Å². The first-order chi connectivity index (χ1) is 16.4. The van der Waals surface area contributed by atoms with E-state index in [2.05, 4.69) is 18.1 Å². The van der Waals surface area contributed by atoms with Gasteiger partial charge in [0.05, 0.1) is 18.6 Å². The Kier molecular flexibility index (Phi) is 9.69. The second kappa shape index (κ2) is 12.7. The number of carbonyl (C=O) groups is 1. The monoisotopic (exact) mass is 472 g/mol. The van der Waals surface area contributed by atoms with Gasteiger partial charge >= 0.3 is 11.8 Å². The quantitative estimate of drug-likeness (QED) is 0.261. The maximum Gasteiger partial charge on any atom is 0.414 e. The normalized spacial score (nSPS) is 10.2. The molecule has 0 radical (unpaired) electrons. The summed E-state index contributed by atoms with van der Waals surface area (Å²) in [5.74, 6) is 0.661. The van der Waals surface area contributed by atoms with Crippen LogP contribution in [0.4, 0.5) is 22.0 Å². The van der Waals surface area contributed by atoms with Gasteiger partial charge in [0.25, 0.3) is 0 Å². The van der Waals surface area contributed by atoms with Gasteiger partial charge in [0.1, 0.15) is 18.9 Å². The number of nitrogens with two attached hydrogens (primary N) is 1. The first kappa shape index (κ1) is 26.0. The van der Waals surface area contributed by atoms with Gasteiger partial charge in [-0.25, -0.2) is 4.79 Å². The third kappa shape index (κ3) is 6.61. The number of aromatic nitrogens is 1. The SMILES string of the molecule is C=CCOc1cc(N(CCc2ccc(OC)c(OCC=C)c2)C(=O)OCC)c([N+](=O)[O-])c(N)n1. The summed E-state index contributed by atoms with van der Waals surface area (Å²) in [6.45, 7) is 9.31. The number of nitrogen functional groups attached to an aromatic ring is 1. The first-order valence-electron chi connectivity index (χ1n) is 10.4. The average Bonchev–Trinajstić information content (AvgIpc) is 2.81. The summed E-state index contributed by atoms with van der Waals surface area (Å²) < 4.78 is 21.5. The number of carbonyl (C=O) groups excluding carboxylic acids is 1. The van der Waals surface area contributed by atoms with Gasteiger partial charge in [0.2, 0.25) is 11.7 Å². The van der Waals surface area contributed by atoms with Crippen molar-refractivity contribution in [3.8, 4) is 17.4 Å². The highest BCUT2D eigenvalue weighted by atomic mass is 16.6. The lowest BCUT2D eigenvalue weighted by atomic mass is 10.1. The summed E-state index contributed by atoms with van der Waals surface area (Å²) in [6, 6.07) is 6.58. The molecule has 11 heteroatoms. The molecule has 1 heterocycles. The van der Waals surface area contributed by atoms with Gasteiger partial charge in [-0.2, -0.15) is 4.98 Å². The molecule has 2 rings (SSSR count). The van der Waals surface area contributed by atoms with E-state index in [1.165, 1.54) is 19.3 Å². The van der Waals surface area contributed by atoms with E-state index in [0.29, 0.717) is 17.9 Å². The fourth-order valence-electron chi connectivity index (χ4n) is 3.02. The minimum Gasteiger partial charge on any atom is -0.493 e. The Morgan fingerprint density at radius 2 is 1.91 bits per heavy atom. The van der Waals surface area contributed by atoms with Crippen LogP contribution in [0.1, 0.15) is 12.5 Å². The highest BCUT2D eigenvalue weighted by Gasteiger charge is 2.30. The second-order valence-electron chi connectivity index (χ2n) is 6.76. The molecule has 34 heavy (non-hydrogen) atoms. The molecule has 1 aromatic carbocycles. The van der Waals surface area contributed by atoms with E-state index in [-0.39, 0.29) is 43.8 Å². The molecular weight excluding hydrogens is 444 g/mol. The van der Waals surface area contributed by atoms with Crippen molar-refractivity contribution in [3.63, 3.8) is 0 Å². The minimum atomic E-state index is -0.775. The molecule has 0 atom stereocenters. The van der Waals surface area contributed by atoms with Crippen LogP contribution in [0.3, 0.4) is 0 Å². The molecule has 0 aliphatic carbocycles. The Morgan fingerprint density at radius 3 is 2.53 bits per heavy atom. The number of pyridine rings is 1. The predicted octanol–water partition coefficient (Wildman–Crippen LogP) is 3.92. The largest absolute Gasteiger partial charge is 0.493 e. The number of anilines is 2. The fourth-order valence-corrected chi connectivity index (χ4v) is 3.02. The number of methoxy groups -OCH3 is 1. The van der Waals surface area contributed by atoms with E-state index in [1.54, 1.807) is 31.2 Å². The molecule has 2 aromatic rings. The third-order valence-corrected chi connectivity index (χ3v) is 4.50. The molecule has 1 amide bonds. The summed E-state index contributed by atoms with van der Waals surface area (Å²) >= 11 is 0. The van der Waals surface area contributed by atoms with Crippen LogP contribution in [-0.2, 0) is 11.2 Å².